The summed E-state index contributed by atoms with van der Waals surface area (Å²) in [6.07, 6.45) is 0.452. The molecule has 0 aliphatic carbocycles. The maximum absolute atomic E-state index is 12.0. The van der Waals surface area contributed by atoms with Crippen molar-refractivity contribution in [3.63, 3.8) is 0 Å². The monoisotopic (exact) mass is 363 g/mol. The van der Waals surface area contributed by atoms with Gasteiger partial charge in [-0.15, -0.1) is 12.4 Å². The highest BCUT2D eigenvalue weighted by atomic mass is 35.5. The van der Waals surface area contributed by atoms with Gasteiger partial charge in [0, 0.05) is 13.1 Å². The van der Waals surface area contributed by atoms with Gasteiger partial charge in [0.2, 0.25) is 5.91 Å². The summed E-state index contributed by atoms with van der Waals surface area (Å²) in [7, 11) is -3.43. The summed E-state index contributed by atoms with van der Waals surface area (Å²) >= 11 is 0. The minimum Gasteiger partial charge on any atom is -0.351 e. The van der Waals surface area contributed by atoms with Crippen molar-refractivity contribution in [1.29, 1.82) is 0 Å². The summed E-state index contributed by atoms with van der Waals surface area (Å²) < 4.78 is 23.3. The molecule has 0 fully saturated rings. The second-order valence-electron chi connectivity index (χ2n) is 4.73. The van der Waals surface area contributed by atoms with Crippen molar-refractivity contribution in [3.05, 3.63) is 29.8 Å². The Morgan fingerprint density at radius 1 is 1.22 bits per heavy atom. The Balaban J connectivity index is 0.00000484. The number of hydrogen-bond donors (Lipinski definition) is 3. The van der Waals surface area contributed by atoms with Crippen LogP contribution >= 0.6 is 12.4 Å². The average Bonchev–Trinajstić information content (AvgIpc) is 2.44. The molecule has 1 aromatic carbocycles. The Hall–Kier alpha value is -1.64. The largest absolute Gasteiger partial charge is 0.351 e. The van der Waals surface area contributed by atoms with Crippen LogP contribution in [0, 0.1) is 0 Å². The second-order valence-corrected chi connectivity index (χ2v) is 6.91. The maximum Gasteiger partial charge on any atom is 0.253 e. The number of carbonyl (C=O) groups is 2. The Bertz CT molecular complexity index is 635. The summed E-state index contributed by atoms with van der Waals surface area (Å²) in [5.41, 5.74) is 5.85. The van der Waals surface area contributed by atoms with Crippen LogP contribution in [0.4, 0.5) is 5.69 Å². The molecule has 0 heterocycles. The number of nitrogens with two attached hydrogens (primary N) is 1. The van der Waals surface area contributed by atoms with E-state index < -0.39 is 21.5 Å². The quantitative estimate of drug-likeness (QED) is 0.623. The molecule has 0 spiro atoms. The molecule has 0 bridgehead atoms. The van der Waals surface area contributed by atoms with Gasteiger partial charge in [-0.2, -0.15) is 0 Å². The van der Waals surface area contributed by atoms with Gasteiger partial charge in [0.15, 0.2) is 9.84 Å². The van der Waals surface area contributed by atoms with Gasteiger partial charge in [0.05, 0.1) is 17.0 Å². The summed E-state index contributed by atoms with van der Waals surface area (Å²) in [6, 6.07) is 6.39. The van der Waals surface area contributed by atoms with Crippen LogP contribution in [-0.2, 0) is 14.6 Å². The van der Waals surface area contributed by atoms with E-state index >= 15 is 0 Å². The SMILES string of the molecule is CCCS(=O)(=O)CC(=O)Nc1ccccc1C(=O)NCCN.Cl. The zero-order chi connectivity index (χ0) is 16.6. The van der Waals surface area contributed by atoms with Crippen LogP contribution in [0.3, 0.4) is 0 Å². The number of nitrogens with one attached hydrogen (secondary N) is 2. The molecule has 23 heavy (non-hydrogen) atoms. The molecule has 0 aliphatic rings. The number of rotatable bonds is 8. The fourth-order valence-electron chi connectivity index (χ4n) is 1.84. The van der Waals surface area contributed by atoms with E-state index in [1.807, 2.05) is 0 Å². The number of halogens is 1. The first-order valence-electron chi connectivity index (χ1n) is 6.97. The van der Waals surface area contributed by atoms with Gasteiger partial charge < -0.3 is 16.4 Å². The lowest BCUT2D eigenvalue weighted by molar-refractivity contribution is -0.113. The third-order valence-corrected chi connectivity index (χ3v) is 4.47. The van der Waals surface area contributed by atoms with Crippen LogP contribution in [0.1, 0.15) is 23.7 Å². The highest BCUT2D eigenvalue weighted by Crippen LogP contribution is 2.15. The average molecular weight is 364 g/mol. The van der Waals surface area contributed by atoms with E-state index in [-0.39, 0.29) is 35.3 Å². The molecule has 0 aromatic heterocycles. The topological polar surface area (TPSA) is 118 Å². The summed E-state index contributed by atoms with van der Waals surface area (Å²) in [5, 5.41) is 5.07. The van der Waals surface area contributed by atoms with Crippen molar-refractivity contribution < 1.29 is 18.0 Å². The fourth-order valence-corrected chi connectivity index (χ4v) is 3.08. The van der Waals surface area contributed by atoms with E-state index in [4.69, 9.17) is 5.73 Å². The van der Waals surface area contributed by atoms with Gasteiger partial charge in [-0.25, -0.2) is 8.42 Å². The number of carbonyl (C=O) groups excluding carboxylic acids is 2. The predicted molar refractivity (Wildman–Crippen MR) is 92.7 cm³/mol. The molecule has 7 nitrogen and oxygen atoms in total. The molecule has 130 valence electrons. The van der Waals surface area contributed by atoms with Gasteiger partial charge in [-0.1, -0.05) is 19.1 Å². The van der Waals surface area contributed by atoms with Crippen LogP contribution in [0.2, 0.25) is 0 Å². The molecule has 1 rings (SSSR count). The number of amides is 2. The van der Waals surface area contributed by atoms with Crippen molar-refractivity contribution in [3.8, 4) is 0 Å². The molecule has 2 amide bonds. The number of hydrogen-bond acceptors (Lipinski definition) is 5. The van der Waals surface area contributed by atoms with E-state index in [1.165, 1.54) is 0 Å². The molecular formula is C14H22ClN3O4S. The zero-order valence-electron chi connectivity index (χ0n) is 12.9. The van der Waals surface area contributed by atoms with Crippen LogP contribution in [0.5, 0.6) is 0 Å². The fraction of sp³-hybridized carbons (Fsp3) is 0.429. The third kappa shape index (κ3) is 7.45. The van der Waals surface area contributed by atoms with E-state index in [9.17, 15) is 18.0 Å². The number of anilines is 1. The molecule has 0 saturated heterocycles. The van der Waals surface area contributed by atoms with Crippen LogP contribution in [0.15, 0.2) is 24.3 Å². The molecular weight excluding hydrogens is 342 g/mol. The zero-order valence-corrected chi connectivity index (χ0v) is 14.5. The van der Waals surface area contributed by atoms with Crippen LogP contribution in [0.25, 0.3) is 0 Å². The third-order valence-electron chi connectivity index (χ3n) is 2.74. The van der Waals surface area contributed by atoms with Gasteiger partial charge in [0.1, 0.15) is 5.75 Å². The number of benzene rings is 1. The minimum absolute atomic E-state index is 0. The Labute approximate surface area is 142 Å². The first-order valence-corrected chi connectivity index (χ1v) is 8.79. The van der Waals surface area contributed by atoms with Gasteiger partial charge >= 0.3 is 0 Å². The molecule has 4 N–H and O–H groups in total. The second kappa shape index (κ2) is 10.2. The molecule has 0 aliphatic heterocycles. The van der Waals surface area contributed by atoms with Crippen molar-refractivity contribution >= 4 is 39.7 Å². The Kier molecular flexibility index (Phi) is 9.47. The first-order chi connectivity index (χ1) is 10.4. The summed E-state index contributed by atoms with van der Waals surface area (Å²) in [4.78, 5) is 23.8. The Morgan fingerprint density at radius 3 is 2.48 bits per heavy atom. The van der Waals surface area contributed by atoms with Crippen LogP contribution in [-0.4, -0.2) is 44.8 Å². The van der Waals surface area contributed by atoms with Gasteiger partial charge in [-0.3, -0.25) is 9.59 Å². The molecule has 9 heteroatoms. The Morgan fingerprint density at radius 2 is 1.87 bits per heavy atom. The highest BCUT2D eigenvalue weighted by molar-refractivity contribution is 7.92. The number of para-hydroxylation sites is 1. The predicted octanol–water partition coefficient (Wildman–Crippen LogP) is 0.560. The van der Waals surface area contributed by atoms with Gasteiger partial charge in [-0.05, 0) is 18.6 Å². The minimum atomic E-state index is -3.43. The van der Waals surface area contributed by atoms with Crippen molar-refractivity contribution in [2.45, 2.75) is 13.3 Å². The highest BCUT2D eigenvalue weighted by Gasteiger charge is 2.18. The normalized spacial score (nSPS) is 10.5. The lowest BCUT2D eigenvalue weighted by Crippen LogP contribution is -2.30. The van der Waals surface area contributed by atoms with E-state index in [0.29, 0.717) is 19.5 Å². The molecule has 0 unspecified atom stereocenters. The lowest BCUT2D eigenvalue weighted by atomic mass is 10.1. The first kappa shape index (κ1) is 21.4. The summed E-state index contributed by atoms with van der Waals surface area (Å²) in [6.45, 7) is 2.34. The number of sulfone groups is 1. The molecule has 0 saturated carbocycles. The molecule has 0 atom stereocenters. The van der Waals surface area contributed by atoms with Crippen LogP contribution < -0.4 is 16.4 Å². The van der Waals surface area contributed by atoms with Crippen molar-refractivity contribution in [2.24, 2.45) is 5.73 Å². The molecule has 1 aromatic rings. The van der Waals surface area contributed by atoms with E-state index in [2.05, 4.69) is 10.6 Å². The smallest absolute Gasteiger partial charge is 0.253 e. The van der Waals surface area contributed by atoms with Crippen molar-refractivity contribution in [1.82, 2.24) is 5.32 Å². The van der Waals surface area contributed by atoms with E-state index in [0.717, 1.165) is 0 Å². The standard InChI is InChI=1S/C14H21N3O4S.ClH/c1-2-9-22(20,21)10-13(18)17-12-6-4-3-5-11(12)14(19)16-8-7-15;/h3-6H,2,7-10,15H2,1H3,(H,16,19)(H,17,18);1H. The summed E-state index contributed by atoms with van der Waals surface area (Å²) in [5.74, 6) is -1.68. The lowest BCUT2D eigenvalue weighted by Gasteiger charge is -2.11. The van der Waals surface area contributed by atoms with Gasteiger partial charge in [0.25, 0.3) is 5.91 Å². The van der Waals surface area contributed by atoms with Crippen molar-refractivity contribution in [2.75, 3.05) is 29.9 Å². The maximum atomic E-state index is 12.0. The molecule has 0 radical (unpaired) electrons. The van der Waals surface area contributed by atoms with E-state index in [1.54, 1.807) is 31.2 Å².